The summed E-state index contributed by atoms with van der Waals surface area (Å²) in [6.45, 7) is 2.35. The Morgan fingerprint density at radius 1 is 1.21 bits per heavy atom. The standard InChI is InChI=1S/C21H20N2O10/c1-11(24)30-9-13-7-15-16(21(2)10-32-20(27)33-21)18(25)22(15)17(13)19(26)31-8-12-3-5-14(6-4-12)23(28)29/h3-6,15-16H,7-10H2,1-2H3. The number of rotatable bonds is 7. The van der Waals surface area contributed by atoms with Crippen LogP contribution < -0.4 is 0 Å². The fraction of sp³-hybridized carbons (Fsp3) is 0.429. The van der Waals surface area contributed by atoms with Gasteiger partial charge in [0, 0.05) is 24.6 Å². The highest BCUT2D eigenvalue weighted by molar-refractivity contribution is 6.01. The van der Waals surface area contributed by atoms with Crippen LogP contribution in [0.2, 0.25) is 0 Å². The number of ether oxygens (including phenoxy) is 4. The van der Waals surface area contributed by atoms with Gasteiger partial charge >= 0.3 is 18.1 Å². The van der Waals surface area contributed by atoms with Gasteiger partial charge in [0.1, 0.15) is 31.4 Å². The van der Waals surface area contributed by atoms with Crippen molar-refractivity contribution in [2.24, 2.45) is 5.92 Å². The number of nitro benzene ring substituents is 1. The number of esters is 2. The number of β-lactam (4-membered cyclic amide) rings is 1. The number of hydrogen-bond acceptors (Lipinski definition) is 10. The largest absolute Gasteiger partial charge is 0.509 e. The summed E-state index contributed by atoms with van der Waals surface area (Å²) in [6.07, 6.45) is -0.628. The average Bonchev–Trinajstić information content (AvgIpc) is 3.27. The van der Waals surface area contributed by atoms with Gasteiger partial charge in [0.2, 0.25) is 5.91 Å². The molecule has 33 heavy (non-hydrogen) atoms. The van der Waals surface area contributed by atoms with Gasteiger partial charge in [-0.2, -0.15) is 0 Å². The monoisotopic (exact) mass is 460 g/mol. The number of nitro groups is 1. The van der Waals surface area contributed by atoms with E-state index in [1.165, 1.54) is 36.1 Å². The van der Waals surface area contributed by atoms with Crippen LogP contribution in [0.1, 0.15) is 25.8 Å². The molecule has 174 valence electrons. The smallest absolute Gasteiger partial charge is 0.461 e. The van der Waals surface area contributed by atoms with Gasteiger partial charge in [-0.3, -0.25) is 19.7 Å². The van der Waals surface area contributed by atoms with Gasteiger partial charge < -0.3 is 23.8 Å². The summed E-state index contributed by atoms with van der Waals surface area (Å²) in [7, 11) is 0. The lowest BCUT2D eigenvalue weighted by atomic mass is 9.75. The third-order valence-corrected chi connectivity index (χ3v) is 5.86. The van der Waals surface area contributed by atoms with Crippen LogP contribution in [0, 0.1) is 16.0 Å². The number of benzene rings is 1. The third-order valence-electron chi connectivity index (χ3n) is 5.86. The molecular weight excluding hydrogens is 440 g/mol. The predicted molar refractivity (Wildman–Crippen MR) is 106 cm³/mol. The fourth-order valence-corrected chi connectivity index (χ4v) is 4.31. The Balaban J connectivity index is 1.51. The van der Waals surface area contributed by atoms with E-state index in [4.69, 9.17) is 18.9 Å². The number of nitrogens with zero attached hydrogens (tertiary/aromatic N) is 2. The molecule has 3 heterocycles. The van der Waals surface area contributed by atoms with E-state index in [-0.39, 0.29) is 37.6 Å². The highest BCUT2D eigenvalue weighted by atomic mass is 16.8. The second-order valence-corrected chi connectivity index (χ2v) is 8.14. The second kappa shape index (κ2) is 8.19. The molecule has 0 spiro atoms. The molecule has 1 aromatic carbocycles. The van der Waals surface area contributed by atoms with Crippen molar-refractivity contribution in [1.29, 1.82) is 0 Å². The van der Waals surface area contributed by atoms with Crippen molar-refractivity contribution in [2.45, 2.75) is 38.5 Å². The van der Waals surface area contributed by atoms with Crippen LogP contribution in [0.3, 0.4) is 0 Å². The van der Waals surface area contributed by atoms with Gasteiger partial charge in [0.25, 0.3) is 5.69 Å². The molecule has 4 rings (SSSR count). The van der Waals surface area contributed by atoms with Gasteiger partial charge in [-0.1, -0.05) is 0 Å². The van der Waals surface area contributed by atoms with Crippen LogP contribution in [-0.2, 0) is 39.9 Å². The number of fused-ring (bicyclic) bond motifs is 1. The van der Waals surface area contributed by atoms with Crippen LogP contribution in [-0.4, -0.2) is 58.7 Å². The van der Waals surface area contributed by atoms with Gasteiger partial charge in [-0.15, -0.1) is 0 Å². The van der Waals surface area contributed by atoms with Gasteiger partial charge in [-0.05, 0) is 31.0 Å². The molecule has 2 saturated heterocycles. The Morgan fingerprint density at radius 2 is 1.91 bits per heavy atom. The first-order valence-electron chi connectivity index (χ1n) is 10.1. The molecule has 0 N–H and O–H groups in total. The van der Waals surface area contributed by atoms with Crippen LogP contribution in [0.25, 0.3) is 0 Å². The van der Waals surface area contributed by atoms with E-state index in [1.807, 2.05) is 0 Å². The minimum Gasteiger partial charge on any atom is -0.461 e. The van der Waals surface area contributed by atoms with Crippen molar-refractivity contribution in [3.8, 4) is 0 Å². The number of amides is 1. The zero-order chi connectivity index (χ0) is 23.9. The molecule has 2 fully saturated rings. The first kappa shape index (κ1) is 22.2. The maximum Gasteiger partial charge on any atom is 0.509 e. The molecule has 0 saturated carbocycles. The Labute approximate surface area is 187 Å². The molecular formula is C21H20N2O10. The Morgan fingerprint density at radius 3 is 2.48 bits per heavy atom. The zero-order valence-electron chi connectivity index (χ0n) is 17.8. The molecule has 3 unspecified atom stereocenters. The fourth-order valence-electron chi connectivity index (χ4n) is 4.31. The zero-order valence-corrected chi connectivity index (χ0v) is 17.8. The minimum atomic E-state index is -1.17. The first-order valence-corrected chi connectivity index (χ1v) is 10.1. The lowest BCUT2D eigenvalue weighted by Gasteiger charge is -2.48. The van der Waals surface area contributed by atoms with Crippen LogP contribution in [0.15, 0.2) is 35.5 Å². The Hall–Kier alpha value is -3.96. The van der Waals surface area contributed by atoms with Crippen molar-refractivity contribution >= 4 is 29.7 Å². The summed E-state index contributed by atoms with van der Waals surface area (Å²) in [6, 6.07) is 5.00. The molecule has 1 aromatic rings. The molecule has 3 aliphatic heterocycles. The van der Waals surface area contributed by atoms with Crippen molar-refractivity contribution < 1.29 is 43.0 Å². The quantitative estimate of drug-likeness (QED) is 0.193. The number of hydrogen-bond donors (Lipinski definition) is 0. The first-order chi connectivity index (χ1) is 15.6. The molecule has 0 radical (unpaired) electrons. The van der Waals surface area contributed by atoms with Gasteiger partial charge in [0.15, 0.2) is 5.60 Å². The molecule has 3 atom stereocenters. The summed E-state index contributed by atoms with van der Waals surface area (Å²) in [4.78, 5) is 60.1. The average molecular weight is 460 g/mol. The Kier molecular flexibility index (Phi) is 5.52. The normalized spacial score (nSPS) is 25.7. The lowest BCUT2D eigenvalue weighted by molar-refractivity contribution is -0.384. The van der Waals surface area contributed by atoms with E-state index < -0.39 is 46.5 Å². The highest BCUT2D eigenvalue weighted by Crippen LogP contribution is 2.49. The van der Waals surface area contributed by atoms with Gasteiger partial charge in [0.05, 0.1) is 11.0 Å². The summed E-state index contributed by atoms with van der Waals surface area (Å²) in [5, 5.41) is 10.8. The molecule has 0 aliphatic carbocycles. The van der Waals surface area contributed by atoms with E-state index >= 15 is 0 Å². The topological polar surface area (TPSA) is 152 Å². The summed E-state index contributed by atoms with van der Waals surface area (Å²) in [5.74, 6) is -2.50. The molecule has 0 bridgehead atoms. The van der Waals surface area contributed by atoms with Crippen LogP contribution in [0.5, 0.6) is 0 Å². The van der Waals surface area contributed by atoms with Crippen molar-refractivity contribution in [3.63, 3.8) is 0 Å². The van der Waals surface area contributed by atoms with Crippen molar-refractivity contribution in [2.75, 3.05) is 13.2 Å². The predicted octanol–water partition coefficient (Wildman–Crippen LogP) is 1.61. The lowest BCUT2D eigenvalue weighted by Crippen LogP contribution is -2.66. The van der Waals surface area contributed by atoms with E-state index in [0.29, 0.717) is 11.1 Å². The van der Waals surface area contributed by atoms with E-state index in [1.54, 1.807) is 6.92 Å². The molecule has 12 nitrogen and oxygen atoms in total. The number of non-ortho nitro benzene ring substituents is 1. The molecule has 3 aliphatic rings. The van der Waals surface area contributed by atoms with Gasteiger partial charge in [-0.25, -0.2) is 9.59 Å². The molecule has 12 heteroatoms. The Bertz CT molecular complexity index is 1080. The molecule has 0 aromatic heterocycles. The van der Waals surface area contributed by atoms with Crippen LogP contribution >= 0.6 is 0 Å². The number of carbonyl (C=O) groups is 4. The van der Waals surface area contributed by atoms with E-state index in [9.17, 15) is 29.3 Å². The van der Waals surface area contributed by atoms with Crippen molar-refractivity contribution in [3.05, 3.63) is 51.2 Å². The highest BCUT2D eigenvalue weighted by Gasteiger charge is 2.64. The maximum atomic E-state index is 13.0. The number of carbonyl (C=O) groups excluding carboxylic acids is 4. The van der Waals surface area contributed by atoms with Crippen molar-refractivity contribution in [1.82, 2.24) is 4.90 Å². The summed E-state index contributed by atoms with van der Waals surface area (Å²) >= 11 is 0. The SMILES string of the molecule is CC(=O)OCC1=C(C(=O)OCc2ccc([N+](=O)[O-])cc2)N2C(=O)C(C3(C)COC(=O)O3)C2C1. The molecule has 1 amide bonds. The second-order valence-electron chi connectivity index (χ2n) is 8.14. The minimum absolute atomic E-state index is 0.0155. The van der Waals surface area contributed by atoms with Crippen LogP contribution in [0.4, 0.5) is 10.5 Å². The maximum absolute atomic E-state index is 13.0. The van der Waals surface area contributed by atoms with E-state index in [0.717, 1.165) is 0 Å². The van der Waals surface area contributed by atoms with E-state index in [2.05, 4.69) is 0 Å². The third kappa shape index (κ3) is 3.99. The summed E-state index contributed by atoms with van der Waals surface area (Å²) < 4.78 is 20.5. The number of cyclic esters (lactones) is 2. The summed E-state index contributed by atoms with van der Waals surface area (Å²) in [5.41, 5.74) is -0.356.